The van der Waals surface area contributed by atoms with Crippen molar-refractivity contribution in [2.24, 2.45) is 5.92 Å². The van der Waals surface area contributed by atoms with Crippen LogP contribution in [0, 0.1) is 16.0 Å². The molecule has 2 aliphatic heterocycles. The molecule has 2 aromatic rings. The predicted molar refractivity (Wildman–Crippen MR) is 124 cm³/mol. The van der Waals surface area contributed by atoms with Gasteiger partial charge in [0.25, 0.3) is 5.69 Å². The number of amides is 1. The fourth-order valence-corrected chi connectivity index (χ4v) is 4.51. The summed E-state index contributed by atoms with van der Waals surface area (Å²) < 4.78 is 44.4. The summed E-state index contributed by atoms with van der Waals surface area (Å²) in [5, 5.41) is 14.5. The first kappa shape index (κ1) is 24.9. The highest BCUT2D eigenvalue weighted by molar-refractivity contribution is 5.93. The second-order valence-corrected chi connectivity index (χ2v) is 8.75. The number of carbonyl (C=O) groups is 1. The minimum atomic E-state index is -4.66. The number of carbonyl (C=O) groups excluding carboxylic acids is 1. The maximum atomic E-state index is 13.0. The number of anilines is 2. The number of nitro benzene ring substituents is 1. The molecule has 0 aromatic heterocycles. The number of rotatable bonds is 6. The van der Waals surface area contributed by atoms with Crippen LogP contribution in [0.15, 0.2) is 42.5 Å². The fraction of sp³-hybridized carbons (Fsp3) is 0.458. The summed E-state index contributed by atoms with van der Waals surface area (Å²) in [5.41, 5.74) is 0.265. The Morgan fingerprint density at radius 3 is 2.43 bits per heavy atom. The van der Waals surface area contributed by atoms with Gasteiger partial charge in [-0.2, -0.15) is 13.2 Å². The van der Waals surface area contributed by atoms with Crippen LogP contribution in [0.3, 0.4) is 0 Å². The Balaban J connectivity index is 1.39. The van der Waals surface area contributed by atoms with E-state index in [9.17, 15) is 28.1 Å². The van der Waals surface area contributed by atoms with Crippen LogP contribution in [-0.4, -0.2) is 55.1 Å². The molecule has 2 heterocycles. The molecule has 0 atom stereocenters. The number of morpholine rings is 1. The normalized spacial score (nSPS) is 17.9. The number of nitrogens with one attached hydrogen (secondary N) is 1. The van der Waals surface area contributed by atoms with Crippen LogP contribution in [0.25, 0.3) is 0 Å². The topological polar surface area (TPSA) is 88.0 Å². The minimum absolute atomic E-state index is 0.124. The van der Waals surface area contributed by atoms with E-state index in [1.165, 1.54) is 0 Å². The lowest BCUT2D eigenvalue weighted by atomic mass is 9.95. The van der Waals surface area contributed by atoms with Gasteiger partial charge in [0, 0.05) is 50.4 Å². The van der Waals surface area contributed by atoms with Crippen LogP contribution < -0.4 is 10.2 Å². The Bertz CT molecular complexity index is 1060. The maximum Gasteiger partial charge on any atom is 0.416 e. The molecule has 0 bridgehead atoms. The Kier molecular flexibility index (Phi) is 7.56. The zero-order chi connectivity index (χ0) is 25.0. The standard InChI is InChI=1S/C24H27F3N4O4/c25-24(26,27)19-5-6-21(22(15-19)31(33)34)30-9-7-17(8-10-30)23(32)28-20-4-2-1-3-18(20)16-29-11-13-35-14-12-29/h1-6,15,17H,7-14,16H2,(H,28,32). The quantitative estimate of drug-likeness (QED) is 0.478. The number of hydrogen-bond donors (Lipinski definition) is 1. The molecule has 35 heavy (non-hydrogen) atoms. The number of benzene rings is 2. The third-order valence-electron chi connectivity index (χ3n) is 6.48. The van der Waals surface area contributed by atoms with Crippen molar-refractivity contribution in [2.45, 2.75) is 25.6 Å². The zero-order valence-electron chi connectivity index (χ0n) is 19.1. The summed E-state index contributed by atoms with van der Waals surface area (Å²) in [7, 11) is 0. The first-order valence-corrected chi connectivity index (χ1v) is 11.5. The molecule has 8 nitrogen and oxygen atoms in total. The number of piperidine rings is 1. The number of nitrogens with zero attached hydrogens (tertiary/aromatic N) is 3. The van der Waals surface area contributed by atoms with Gasteiger partial charge < -0.3 is 15.0 Å². The van der Waals surface area contributed by atoms with Gasteiger partial charge in [-0.05, 0) is 36.6 Å². The summed E-state index contributed by atoms with van der Waals surface area (Å²) in [6, 6.07) is 10.2. The van der Waals surface area contributed by atoms with Gasteiger partial charge in [-0.25, -0.2) is 0 Å². The van der Waals surface area contributed by atoms with Gasteiger partial charge in [-0.15, -0.1) is 0 Å². The van der Waals surface area contributed by atoms with E-state index in [0.29, 0.717) is 51.8 Å². The summed E-state index contributed by atoms with van der Waals surface area (Å²) in [6.07, 6.45) is -3.78. The van der Waals surface area contributed by atoms with Crippen LogP contribution >= 0.6 is 0 Å². The van der Waals surface area contributed by atoms with Gasteiger partial charge >= 0.3 is 6.18 Å². The van der Waals surface area contributed by atoms with Gasteiger partial charge in [0.2, 0.25) is 5.91 Å². The fourth-order valence-electron chi connectivity index (χ4n) is 4.51. The van der Waals surface area contributed by atoms with E-state index in [4.69, 9.17) is 4.74 Å². The number of para-hydroxylation sites is 1. The predicted octanol–water partition coefficient (Wildman–Crippen LogP) is 4.30. The van der Waals surface area contributed by atoms with Crippen LogP contribution in [0.2, 0.25) is 0 Å². The summed E-state index contributed by atoms with van der Waals surface area (Å²) in [6.45, 7) is 4.40. The van der Waals surface area contributed by atoms with Crippen molar-refractivity contribution in [1.29, 1.82) is 0 Å². The molecule has 1 amide bonds. The van der Waals surface area contributed by atoms with Crippen LogP contribution in [-0.2, 0) is 22.3 Å². The van der Waals surface area contributed by atoms with E-state index in [-0.39, 0.29) is 17.5 Å². The largest absolute Gasteiger partial charge is 0.416 e. The molecule has 2 saturated heterocycles. The third-order valence-corrected chi connectivity index (χ3v) is 6.48. The van der Waals surface area contributed by atoms with Crippen molar-refractivity contribution in [3.8, 4) is 0 Å². The highest BCUT2D eigenvalue weighted by Crippen LogP contribution is 2.37. The Hall–Kier alpha value is -3.18. The molecule has 1 N–H and O–H groups in total. The minimum Gasteiger partial charge on any atom is -0.379 e. The van der Waals surface area contributed by atoms with Gasteiger partial charge in [0.1, 0.15) is 5.69 Å². The number of alkyl halides is 3. The smallest absolute Gasteiger partial charge is 0.379 e. The highest BCUT2D eigenvalue weighted by atomic mass is 19.4. The molecule has 0 spiro atoms. The first-order valence-electron chi connectivity index (χ1n) is 11.5. The second kappa shape index (κ2) is 10.6. The van der Waals surface area contributed by atoms with Crippen LogP contribution in [0.4, 0.5) is 30.2 Å². The lowest BCUT2D eigenvalue weighted by Gasteiger charge is -2.33. The molecule has 2 aliphatic rings. The maximum absolute atomic E-state index is 13.0. The van der Waals surface area contributed by atoms with E-state index >= 15 is 0 Å². The number of ether oxygens (including phenoxy) is 1. The molecular formula is C24H27F3N4O4. The Labute approximate surface area is 200 Å². The lowest BCUT2D eigenvalue weighted by molar-refractivity contribution is -0.384. The molecule has 2 fully saturated rings. The summed E-state index contributed by atoms with van der Waals surface area (Å²) in [4.78, 5) is 27.6. The monoisotopic (exact) mass is 492 g/mol. The molecule has 0 unspecified atom stereocenters. The summed E-state index contributed by atoms with van der Waals surface area (Å²) >= 11 is 0. The van der Waals surface area contributed by atoms with Crippen molar-refractivity contribution < 1.29 is 27.6 Å². The molecule has 0 aliphatic carbocycles. The highest BCUT2D eigenvalue weighted by Gasteiger charge is 2.35. The first-order chi connectivity index (χ1) is 16.7. The van der Waals surface area contributed by atoms with Crippen molar-refractivity contribution in [3.05, 3.63) is 63.7 Å². The van der Waals surface area contributed by atoms with Crippen LogP contribution in [0.1, 0.15) is 24.0 Å². The molecule has 2 aromatic carbocycles. The van der Waals surface area contributed by atoms with E-state index in [1.807, 2.05) is 24.3 Å². The summed E-state index contributed by atoms with van der Waals surface area (Å²) in [5.74, 6) is -0.419. The molecule has 188 valence electrons. The number of nitro groups is 1. The third kappa shape index (κ3) is 6.09. The molecule has 0 radical (unpaired) electrons. The van der Waals surface area contributed by atoms with Gasteiger partial charge in [-0.1, -0.05) is 18.2 Å². The van der Waals surface area contributed by atoms with E-state index < -0.39 is 22.4 Å². The molecule has 4 rings (SSSR count). The molecule has 11 heteroatoms. The van der Waals surface area contributed by atoms with E-state index in [1.54, 1.807) is 4.90 Å². The zero-order valence-corrected chi connectivity index (χ0v) is 19.1. The molecular weight excluding hydrogens is 465 g/mol. The second-order valence-electron chi connectivity index (χ2n) is 8.75. The SMILES string of the molecule is O=C(Nc1ccccc1CN1CCOCC1)C1CCN(c2ccc(C(F)(F)F)cc2[N+](=O)[O-])CC1. The average Bonchev–Trinajstić information content (AvgIpc) is 2.85. The van der Waals surface area contributed by atoms with Gasteiger partial charge in [-0.3, -0.25) is 19.8 Å². The lowest BCUT2D eigenvalue weighted by Crippen LogP contribution is -2.39. The van der Waals surface area contributed by atoms with Crippen molar-refractivity contribution in [2.75, 3.05) is 49.6 Å². The Morgan fingerprint density at radius 2 is 1.77 bits per heavy atom. The Morgan fingerprint density at radius 1 is 1.09 bits per heavy atom. The van der Waals surface area contributed by atoms with Crippen molar-refractivity contribution in [3.63, 3.8) is 0 Å². The van der Waals surface area contributed by atoms with Crippen molar-refractivity contribution in [1.82, 2.24) is 4.90 Å². The van der Waals surface area contributed by atoms with Crippen LogP contribution in [0.5, 0.6) is 0 Å². The number of halogens is 3. The average molecular weight is 492 g/mol. The van der Waals surface area contributed by atoms with E-state index in [2.05, 4.69) is 10.2 Å². The van der Waals surface area contributed by atoms with Gasteiger partial charge in [0.15, 0.2) is 0 Å². The van der Waals surface area contributed by atoms with Gasteiger partial charge in [0.05, 0.1) is 23.7 Å². The van der Waals surface area contributed by atoms with E-state index in [0.717, 1.165) is 36.5 Å². The number of hydrogen-bond acceptors (Lipinski definition) is 6. The van der Waals surface area contributed by atoms with Crippen molar-refractivity contribution >= 4 is 23.0 Å². The molecule has 0 saturated carbocycles.